The van der Waals surface area contributed by atoms with Crippen LogP contribution in [0.15, 0.2) is 23.2 Å². The molecule has 0 saturated heterocycles. The zero-order chi connectivity index (χ0) is 27.9. The molecule has 0 spiro atoms. The topological polar surface area (TPSA) is 205 Å². The lowest BCUT2D eigenvalue weighted by atomic mass is 10.0. The zero-order valence-corrected chi connectivity index (χ0v) is 22.1. The number of amides is 2. The van der Waals surface area contributed by atoms with Crippen LogP contribution in [-0.4, -0.2) is 75.5 Å². The number of benzene rings is 1. The smallest absolute Gasteiger partial charge is 0.407 e. The summed E-state index contributed by atoms with van der Waals surface area (Å²) >= 11 is 0. The Morgan fingerprint density at radius 3 is 2.74 bits per heavy atom. The molecule has 1 aromatic carbocycles. The molecule has 14 nitrogen and oxygen atoms in total. The lowest BCUT2D eigenvalue weighted by Crippen LogP contribution is -2.33. The minimum Gasteiger partial charge on any atom is -0.507 e. The number of phenolic OH excluding ortho intramolecular Hbond substituents is 1. The summed E-state index contributed by atoms with van der Waals surface area (Å²) in [4.78, 5) is 45.9. The molecule has 1 aromatic heterocycles. The maximum atomic E-state index is 12.5. The summed E-state index contributed by atoms with van der Waals surface area (Å²) in [6.45, 7) is 3.25. The number of aromatic nitrogens is 2. The van der Waals surface area contributed by atoms with Crippen LogP contribution in [-0.2, 0) is 14.1 Å². The number of methoxy groups -OCH3 is 1. The molecule has 0 aliphatic heterocycles. The Hall–Kier alpha value is -3.61. The van der Waals surface area contributed by atoms with Crippen LogP contribution in [0.5, 0.6) is 17.2 Å². The first-order chi connectivity index (χ1) is 17.9. The van der Waals surface area contributed by atoms with Gasteiger partial charge in [-0.15, -0.1) is 0 Å². The van der Waals surface area contributed by atoms with Gasteiger partial charge in [0.05, 0.1) is 12.7 Å². The molecule has 1 fully saturated rings. The van der Waals surface area contributed by atoms with Crippen LogP contribution >= 0.6 is 7.60 Å². The maximum Gasteiger partial charge on any atom is 0.407 e. The summed E-state index contributed by atoms with van der Waals surface area (Å²) in [6.07, 6.45) is 1.78. The van der Waals surface area contributed by atoms with Gasteiger partial charge in [-0.2, -0.15) is 5.10 Å². The Kier molecular flexibility index (Phi) is 9.72. The highest BCUT2D eigenvalue weighted by Gasteiger charge is 2.30. The number of rotatable bonds is 11. The molecule has 1 saturated carbocycles. The average Bonchev–Trinajstić information content (AvgIpc) is 3.47. The van der Waals surface area contributed by atoms with Crippen molar-refractivity contribution in [1.29, 1.82) is 0 Å². The monoisotopic (exact) mass is 553 g/mol. The van der Waals surface area contributed by atoms with Crippen LogP contribution in [0.4, 0.5) is 10.6 Å². The van der Waals surface area contributed by atoms with Gasteiger partial charge >= 0.3 is 13.7 Å². The highest BCUT2D eigenvalue weighted by atomic mass is 31.2. The van der Waals surface area contributed by atoms with Crippen LogP contribution in [0.1, 0.15) is 50.3 Å². The first kappa shape index (κ1) is 29.0. The van der Waals surface area contributed by atoms with Crippen molar-refractivity contribution in [3.05, 3.63) is 29.5 Å². The van der Waals surface area contributed by atoms with E-state index in [1.807, 2.05) is 13.8 Å². The minimum absolute atomic E-state index is 0.00961. The molecule has 0 bridgehead atoms. The van der Waals surface area contributed by atoms with E-state index in [-0.39, 0.29) is 46.7 Å². The first-order valence-corrected chi connectivity index (χ1v) is 13.6. The van der Waals surface area contributed by atoms with Crippen LogP contribution in [0.25, 0.3) is 0 Å². The van der Waals surface area contributed by atoms with Crippen molar-refractivity contribution in [2.45, 2.75) is 51.2 Å². The summed E-state index contributed by atoms with van der Waals surface area (Å²) < 4.78 is 27.1. The van der Waals surface area contributed by atoms with Crippen molar-refractivity contribution in [2.24, 2.45) is 4.99 Å². The van der Waals surface area contributed by atoms with Crippen LogP contribution in [0.2, 0.25) is 0 Å². The van der Waals surface area contributed by atoms with Gasteiger partial charge < -0.3 is 39.7 Å². The summed E-state index contributed by atoms with van der Waals surface area (Å²) in [5.41, 5.74) is 0.826. The third-order valence-electron chi connectivity index (χ3n) is 5.54. The fourth-order valence-corrected chi connectivity index (χ4v) is 4.17. The number of carbonyl (C=O) groups is 2. The zero-order valence-electron chi connectivity index (χ0n) is 21.2. The minimum atomic E-state index is -4.38. The molecule has 0 radical (unpaired) electrons. The molecule has 1 heterocycles. The lowest BCUT2D eigenvalue weighted by Gasteiger charge is -2.14. The van der Waals surface area contributed by atoms with E-state index in [4.69, 9.17) is 24.0 Å². The van der Waals surface area contributed by atoms with Crippen molar-refractivity contribution in [3.8, 4) is 17.2 Å². The Balaban J connectivity index is 1.57. The number of aromatic hydroxyl groups is 1. The van der Waals surface area contributed by atoms with Gasteiger partial charge in [0, 0.05) is 42.1 Å². The quantitative estimate of drug-likeness (QED) is 0.177. The van der Waals surface area contributed by atoms with Gasteiger partial charge in [0.15, 0.2) is 12.4 Å². The Bertz CT molecular complexity index is 1210. The maximum absolute atomic E-state index is 12.5. The molecule has 208 valence electrons. The number of hydrogen-bond donors (Lipinski definition) is 6. The number of nitrogens with zero attached hydrogens (tertiary/aromatic N) is 2. The molecule has 15 heteroatoms. The fraction of sp³-hybridized carbons (Fsp3) is 0.478. The second kappa shape index (κ2) is 12.8. The number of anilines is 1. The molecule has 38 heavy (non-hydrogen) atoms. The van der Waals surface area contributed by atoms with Gasteiger partial charge in [-0.1, -0.05) is 0 Å². The van der Waals surface area contributed by atoms with Gasteiger partial charge in [0.2, 0.25) is 0 Å². The molecule has 1 aliphatic carbocycles. The Morgan fingerprint density at radius 2 is 2.05 bits per heavy atom. The van der Waals surface area contributed by atoms with Crippen molar-refractivity contribution in [1.82, 2.24) is 15.5 Å². The molecule has 0 unspecified atom stereocenters. The van der Waals surface area contributed by atoms with E-state index >= 15 is 0 Å². The second-order valence-corrected chi connectivity index (χ2v) is 10.7. The van der Waals surface area contributed by atoms with Crippen LogP contribution < -0.4 is 20.1 Å². The molecule has 3 rings (SSSR count). The number of phenols is 1. The number of hydrogen-bond acceptors (Lipinski definition) is 9. The van der Waals surface area contributed by atoms with Crippen molar-refractivity contribution in [3.63, 3.8) is 0 Å². The van der Waals surface area contributed by atoms with Crippen LogP contribution in [0, 0.1) is 0 Å². The third kappa shape index (κ3) is 8.75. The fourth-order valence-electron chi connectivity index (χ4n) is 3.88. The van der Waals surface area contributed by atoms with E-state index in [1.54, 1.807) is 6.07 Å². The number of nitrogens with one attached hydrogen (secondary N) is 3. The van der Waals surface area contributed by atoms with E-state index in [2.05, 4.69) is 25.8 Å². The average molecular weight is 554 g/mol. The number of carbonyl (C=O) groups excluding carboxylic acids is 2. The van der Waals surface area contributed by atoms with Gasteiger partial charge in [0.1, 0.15) is 29.6 Å². The summed E-state index contributed by atoms with van der Waals surface area (Å²) in [6, 6.07) is 4.37. The first-order valence-electron chi connectivity index (χ1n) is 11.8. The summed E-state index contributed by atoms with van der Waals surface area (Å²) in [5.74, 6) is -0.216. The number of aromatic amines is 1. The summed E-state index contributed by atoms with van der Waals surface area (Å²) in [7, 11) is -3.01. The third-order valence-corrected chi connectivity index (χ3v) is 6.08. The second-order valence-electron chi connectivity index (χ2n) is 9.06. The molecule has 2 amide bonds. The van der Waals surface area contributed by atoms with E-state index in [1.165, 1.54) is 19.2 Å². The standard InChI is InChI=1S/C23H32N5O9P/c1-13(2)25-23(31)37-15-5-4-14(6-15)18-9-21(28-27-18)26-22(30)11-36-20-8-16(35-3)7-19(29)17(20)10-24-12-38(32,33)34/h7-10,13-15,29H,4-6,11-12H2,1-3H3,(H,25,31)(H2,32,33,34)(H2,26,27,28,30)/b24-10+/t14-,15+/m0/s1. The lowest BCUT2D eigenvalue weighted by molar-refractivity contribution is -0.118. The number of aliphatic imine (C=N–C) groups is 1. The Morgan fingerprint density at radius 1 is 1.29 bits per heavy atom. The van der Waals surface area contributed by atoms with E-state index < -0.39 is 32.5 Å². The normalized spacial score (nSPS) is 17.5. The van der Waals surface area contributed by atoms with Gasteiger partial charge in [-0.05, 0) is 33.1 Å². The van der Waals surface area contributed by atoms with Crippen molar-refractivity contribution in [2.75, 3.05) is 25.3 Å². The van der Waals surface area contributed by atoms with Gasteiger partial charge in [-0.25, -0.2) is 4.79 Å². The summed E-state index contributed by atoms with van der Waals surface area (Å²) in [5, 5.41) is 22.6. The SMILES string of the molecule is COc1cc(O)c(/C=N/CP(=O)(O)O)c(OCC(=O)Nc2cc([C@H]3CC[C@@H](OC(=O)NC(C)C)C3)[nH]n2)c1. The predicted molar refractivity (Wildman–Crippen MR) is 137 cm³/mol. The molecule has 2 atom stereocenters. The van der Waals surface area contributed by atoms with Gasteiger partial charge in [-0.3, -0.25) is 19.5 Å². The molecular weight excluding hydrogens is 521 g/mol. The Labute approximate surface area is 218 Å². The van der Waals surface area contributed by atoms with Crippen LogP contribution in [0.3, 0.4) is 0 Å². The van der Waals surface area contributed by atoms with E-state index in [9.17, 15) is 19.3 Å². The molecule has 2 aromatic rings. The molecule has 6 N–H and O–H groups in total. The van der Waals surface area contributed by atoms with E-state index in [0.717, 1.165) is 24.8 Å². The van der Waals surface area contributed by atoms with E-state index in [0.29, 0.717) is 6.42 Å². The largest absolute Gasteiger partial charge is 0.507 e. The number of ether oxygens (including phenoxy) is 3. The highest BCUT2D eigenvalue weighted by Crippen LogP contribution is 2.37. The van der Waals surface area contributed by atoms with Gasteiger partial charge in [0.25, 0.3) is 5.91 Å². The highest BCUT2D eigenvalue weighted by molar-refractivity contribution is 7.51. The number of H-pyrrole nitrogens is 1. The predicted octanol–water partition coefficient (Wildman–Crippen LogP) is 2.47. The molecular formula is C23H32N5O9P. The van der Waals surface area contributed by atoms with Crippen molar-refractivity contribution < 1.29 is 43.3 Å². The number of alkyl carbamates (subject to hydrolysis) is 1. The van der Waals surface area contributed by atoms with Crippen molar-refractivity contribution >= 4 is 31.6 Å². The molecule has 1 aliphatic rings.